The zero-order valence-electron chi connectivity index (χ0n) is 10.5. The minimum absolute atomic E-state index is 0.0443. The van der Waals surface area contributed by atoms with Gasteiger partial charge < -0.3 is 5.11 Å². The molecular weight excluding hydrogens is 294 g/mol. The van der Waals surface area contributed by atoms with Gasteiger partial charge in [0.05, 0.1) is 27.4 Å². The fourth-order valence-corrected chi connectivity index (χ4v) is 2.44. The number of imide groups is 1. The minimum atomic E-state index is -1.22. The van der Waals surface area contributed by atoms with Crippen molar-refractivity contribution in [1.82, 2.24) is 0 Å². The van der Waals surface area contributed by atoms with Gasteiger partial charge in [0.1, 0.15) is 0 Å². The van der Waals surface area contributed by atoms with Crippen molar-refractivity contribution >= 4 is 35.1 Å². The first-order valence-corrected chi connectivity index (χ1v) is 6.39. The van der Waals surface area contributed by atoms with E-state index in [1.807, 2.05) is 0 Å². The maximum atomic E-state index is 12.3. The number of benzene rings is 2. The van der Waals surface area contributed by atoms with Crippen LogP contribution in [0.2, 0.25) is 5.02 Å². The van der Waals surface area contributed by atoms with Crippen molar-refractivity contribution in [1.29, 1.82) is 0 Å². The van der Waals surface area contributed by atoms with Gasteiger partial charge in [-0.1, -0.05) is 23.7 Å². The first-order chi connectivity index (χ1) is 10.0. The predicted molar refractivity (Wildman–Crippen MR) is 76.0 cm³/mol. The highest BCUT2D eigenvalue weighted by Crippen LogP contribution is 2.30. The number of carboxylic acids is 1. The Morgan fingerprint density at radius 1 is 1.00 bits per heavy atom. The summed E-state index contributed by atoms with van der Waals surface area (Å²) in [5, 5.41) is 9.11. The lowest BCUT2D eigenvalue weighted by molar-refractivity contribution is 0.0696. The van der Waals surface area contributed by atoms with Crippen LogP contribution in [0.1, 0.15) is 31.1 Å². The molecule has 1 heterocycles. The van der Waals surface area contributed by atoms with E-state index in [4.69, 9.17) is 16.7 Å². The normalized spacial score (nSPS) is 13.5. The quantitative estimate of drug-likeness (QED) is 0.866. The highest BCUT2D eigenvalue weighted by molar-refractivity contribution is 6.36. The predicted octanol–water partition coefficient (Wildman–Crippen LogP) is 2.84. The van der Waals surface area contributed by atoms with Gasteiger partial charge in [-0.2, -0.15) is 0 Å². The molecule has 0 aromatic heterocycles. The lowest BCUT2D eigenvalue weighted by Gasteiger charge is -2.14. The second-order valence-electron chi connectivity index (χ2n) is 4.46. The Morgan fingerprint density at radius 3 is 2.10 bits per heavy atom. The van der Waals surface area contributed by atoms with E-state index >= 15 is 0 Å². The molecule has 0 atom stereocenters. The van der Waals surface area contributed by atoms with E-state index in [2.05, 4.69) is 0 Å². The highest BCUT2D eigenvalue weighted by Gasteiger charge is 2.36. The third kappa shape index (κ3) is 1.98. The van der Waals surface area contributed by atoms with Crippen LogP contribution in [0.5, 0.6) is 0 Å². The molecule has 3 rings (SSSR count). The molecule has 0 aliphatic carbocycles. The monoisotopic (exact) mass is 301 g/mol. The molecule has 5 nitrogen and oxygen atoms in total. The highest BCUT2D eigenvalue weighted by atomic mass is 35.5. The topological polar surface area (TPSA) is 74.7 Å². The standard InChI is InChI=1S/C15H8ClNO4/c16-12-6-5-8(7-11(12)15(20)21)17-13(18)9-3-1-2-4-10(9)14(17)19/h1-7H,(H,20,21). The molecule has 0 fully saturated rings. The summed E-state index contributed by atoms with van der Waals surface area (Å²) < 4.78 is 0. The molecule has 2 amide bonds. The lowest BCUT2D eigenvalue weighted by Crippen LogP contribution is -2.29. The number of anilines is 1. The molecule has 0 spiro atoms. The molecule has 1 N–H and O–H groups in total. The number of aromatic carboxylic acids is 1. The third-order valence-corrected chi connectivity index (χ3v) is 3.56. The second kappa shape index (κ2) is 4.71. The average molecular weight is 302 g/mol. The Balaban J connectivity index is 2.11. The molecule has 0 saturated carbocycles. The van der Waals surface area contributed by atoms with Gasteiger partial charge in [0.2, 0.25) is 0 Å². The number of hydrogen-bond donors (Lipinski definition) is 1. The van der Waals surface area contributed by atoms with Crippen LogP contribution in [0.3, 0.4) is 0 Å². The number of carbonyl (C=O) groups is 3. The van der Waals surface area contributed by atoms with Crippen molar-refractivity contribution in [2.24, 2.45) is 0 Å². The van der Waals surface area contributed by atoms with Gasteiger partial charge in [-0.25, -0.2) is 9.69 Å². The second-order valence-corrected chi connectivity index (χ2v) is 4.87. The van der Waals surface area contributed by atoms with Gasteiger partial charge >= 0.3 is 5.97 Å². The van der Waals surface area contributed by atoms with Gasteiger partial charge in [0.25, 0.3) is 11.8 Å². The van der Waals surface area contributed by atoms with Crippen molar-refractivity contribution in [2.45, 2.75) is 0 Å². The Bertz CT molecular complexity index is 765. The summed E-state index contributed by atoms with van der Waals surface area (Å²) in [6.45, 7) is 0. The van der Waals surface area contributed by atoms with Gasteiger partial charge in [0, 0.05) is 0 Å². The number of carboxylic acid groups (broad SMARTS) is 1. The molecule has 0 radical (unpaired) electrons. The summed E-state index contributed by atoms with van der Waals surface area (Å²) >= 11 is 5.79. The number of amides is 2. The number of fused-ring (bicyclic) bond motifs is 1. The summed E-state index contributed by atoms with van der Waals surface area (Å²) in [4.78, 5) is 36.6. The minimum Gasteiger partial charge on any atom is -0.478 e. The lowest BCUT2D eigenvalue weighted by atomic mass is 10.1. The van der Waals surface area contributed by atoms with Crippen molar-refractivity contribution in [3.05, 3.63) is 64.2 Å². The molecule has 2 aromatic carbocycles. The van der Waals surface area contributed by atoms with E-state index in [-0.39, 0.29) is 16.3 Å². The Kier molecular flexibility index (Phi) is 2.99. The fourth-order valence-electron chi connectivity index (χ4n) is 2.24. The number of halogens is 1. The van der Waals surface area contributed by atoms with E-state index in [0.29, 0.717) is 11.1 Å². The third-order valence-electron chi connectivity index (χ3n) is 3.23. The van der Waals surface area contributed by atoms with Gasteiger partial charge in [-0.3, -0.25) is 9.59 Å². The fraction of sp³-hybridized carbons (Fsp3) is 0. The van der Waals surface area contributed by atoms with E-state index in [0.717, 1.165) is 4.90 Å². The van der Waals surface area contributed by atoms with Crippen LogP contribution >= 0.6 is 11.6 Å². The van der Waals surface area contributed by atoms with Crippen molar-refractivity contribution in [3.63, 3.8) is 0 Å². The van der Waals surface area contributed by atoms with Crippen LogP contribution < -0.4 is 4.90 Å². The molecule has 0 saturated heterocycles. The largest absolute Gasteiger partial charge is 0.478 e. The Morgan fingerprint density at radius 2 is 1.57 bits per heavy atom. The smallest absolute Gasteiger partial charge is 0.337 e. The summed E-state index contributed by atoms with van der Waals surface area (Å²) in [5.74, 6) is -2.18. The molecular formula is C15H8ClNO4. The summed E-state index contributed by atoms with van der Waals surface area (Å²) in [6, 6.07) is 10.5. The molecule has 1 aliphatic heterocycles. The van der Waals surface area contributed by atoms with Crippen molar-refractivity contribution in [2.75, 3.05) is 4.90 Å². The average Bonchev–Trinajstić information content (AvgIpc) is 2.72. The zero-order valence-corrected chi connectivity index (χ0v) is 11.3. The van der Waals surface area contributed by atoms with Crippen LogP contribution in [-0.4, -0.2) is 22.9 Å². The number of hydrogen-bond acceptors (Lipinski definition) is 3. The molecule has 0 bridgehead atoms. The van der Waals surface area contributed by atoms with Crippen LogP contribution in [0.15, 0.2) is 42.5 Å². The summed E-state index contributed by atoms with van der Waals surface area (Å²) in [5.41, 5.74) is 0.623. The van der Waals surface area contributed by atoms with Gasteiger partial charge in [0.15, 0.2) is 0 Å². The first kappa shape index (κ1) is 13.3. The summed E-state index contributed by atoms with van der Waals surface area (Å²) in [7, 11) is 0. The van der Waals surface area contributed by atoms with E-state index < -0.39 is 17.8 Å². The molecule has 0 unspecified atom stereocenters. The molecule has 2 aromatic rings. The maximum Gasteiger partial charge on any atom is 0.337 e. The number of rotatable bonds is 2. The van der Waals surface area contributed by atoms with Crippen LogP contribution in [-0.2, 0) is 0 Å². The first-order valence-electron chi connectivity index (χ1n) is 6.01. The number of nitrogens with zero attached hydrogens (tertiary/aromatic N) is 1. The van der Waals surface area contributed by atoms with Crippen molar-refractivity contribution < 1.29 is 19.5 Å². The zero-order chi connectivity index (χ0) is 15.1. The Labute approximate surface area is 124 Å². The number of carbonyl (C=O) groups excluding carboxylic acids is 2. The molecule has 6 heteroatoms. The van der Waals surface area contributed by atoms with Gasteiger partial charge in [-0.15, -0.1) is 0 Å². The van der Waals surface area contributed by atoms with E-state index in [1.54, 1.807) is 24.3 Å². The maximum absolute atomic E-state index is 12.3. The SMILES string of the molecule is O=C(O)c1cc(N2C(=O)c3ccccc3C2=O)ccc1Cl. The van der Waals surface area contributed by atoms with E-state index in [1.165, 1.54) is 18.2 Å². The molecule has 104 valence electrons. The molecule has 1 aliphatic rings. The van der Waals surface area contributed by atoms with E-state index in [9.17, 15) is 14.4 Å². The summed E-state index contributed by atoms with van der Waals surface area (Å²) in [6.07, 6.45) is 0. The van der Waals surface area contributed by atoms with Crippen LogP contribution in [0.4, 0.5) is 5.69 Å². The van der Waals surface area contributed by atoms with Crippen molar-refractivity contribution in [3.8, 4) is 0 Å². The van der Waals surface area contributed by atoms with Crippen LogP contribution in [0.25, 0.3) is 0 Å². The van der Waals surface area contributed by atoms with Gasteiger partial charge in [-0.05, 0) is 30.3 Å². The molecule has 21 heavy (non-hydrogen) atoms. The van der Waals surface area contributed by atoms with Crippen LogP contribution in [0, 0.1) is 0 Å². The Hall–Kier alpha value is -2.66.